The van der Waals surface area contributed by atoms with E-state index in [1.54, 1.807) is 4.90 Å². The van der Waals surface area contributed by atoms with Gasteiger partial charge in [0.1, 0.15) is 6.04 Å². The number of hydrogen-bond donors (Lipinski definition) is 1. The zero-order valence-corrected chi connectivity index (χ0v) is 13.3. The first-order valence-corrected chi connectivity index (χ1v) is 8.11. The van der Waals surface area contributed by atoms with Crippen LogP contribution in [0.1, 0.15) is 41.9 Å². The number of likely N-dealkylation sites (tertiary alicyclic amines) is 1. The Morgan fingerprint density at radius 1 is 1.36 bits per heavy atom. The molecule has 3 atom stereocenters. The minimum atomic E-state index is -0.227. The van der Waals surface area contributed by atoms with Gasteiger partial charge >= 0.3 is 0 Å². The van der Waals surface area contributed by atoms with Gasteiger partial charge in [0.2, 0.25) is 5.91 Å². The van der Waals surface area contributed by atoms with Gasteiger partial charge in [-0.3, -0.25) is 4.79 Å². The van der Waals surface area contributed by atoms with Crippen molar-refractivity contribution in [2.75, 3.05) is 13.1 Å². The van der Waals surface area contributed by atoms with E-state index in [0.29, 0.717) is 5.92 Å². The molecular weight excluding hydrogens is 274 g/mol. The van der Waals surface area contributed by atoms with Crippen molar-refractivity contribution in [1.82, 2.24) is 10.2 Å². The Labute approximate surface area is 132 Å². The van der Waals surface area contributed by atoms with Crippen molar-refractivity contribution in [3.63, 3.8) is 0 Å². The van der Waals surface area contributed by atoms with Gasteiger partial charge in [0, 0.05) is 13.1 Å². The molecular formula is C18H23N3O. The largest absolute Gasteiger partial charge is 0.325 e. The van der Waals surface area contributed by atoms with Crippen LogP contribution in [0.3, 0.4) is 0 Å². The van der Waals surface area contributed by atoms with Crippen LogP contribution in [0.15, 0.2) is 18.2 Å². The molecule has 2 aliphatic rings. The summed E-state index contributed by atoms with van der Waals surface area (Å²) in [6, 6.07) is 8.46. The minimum Gasteiger partial charge on any atom is -0.325 e. The van der Waals surface area contributed by atoms with Gasteiger partial charge in [0.25, 0.3) is 0 Å². The summed E-state index contributed by atoms with van der Waals surface area (Å²) in [5.74, 6) is 0.492. The van der Waals surface area contributed by atoms with Gasteiger partial charge in [0.05, 0.1) is 12.1 Å². The highest BCUT2D eigenvalue weighted by Gasteiger charge is 2.37. The quantitative estimate of drug-likeness (QED) is 0.911. The maximum atomic E-state index is 12.6. The molecule has 0 saturated carbocycles. The van der Waals surface area contributed by atoms with E-state index in [1.165, 1.54) is 16.7 Å². The van der Waals surface area contributed by atoms with Crippen LogP contribution in [0.4, 0.5) is 0 Å². The molecule has 1 aromatic carbocycles. The van der Waals surface area contributed by atoms with Crippen molar-refractivity contribution in [3.05, 3.63) is 34.9 Å². The van der Waals surface area contributed by atoms with E-state index in [2.05, 4.69) is 43.4 Å². The van der Waals surface area contributed by atoms with Gasteiger partial charge in [-0.25, -0.2) is 0 Å². The van der Waals surface area contributed by atoms with Gasteiger partial charge < -0.3 is 10.2 Å². The SMILES string of the molecule is Cc1ccc([C@@H]2CN[C@H](C(=O)N3CCC[C@H]3C#N)C2)cc1C. The summed E-state index contributed by atoms with van der Waals surface area (Å²) < 4.78 is 0. The van der Waals surface area contributed by atoms with Gasteiger partial charge in [-0.15, -0.1) is 0 Å². The number of rotatable bonds is 2. The fourth-order valence-corrected chi connectivity index (χ4v) is 3.56. The molecule has 0 unspecified atom stereocenters. The summed E-state index contributed by atoms with van der Waals surface area (Å²) in [7, 11) is 0. The third-order valence-electron chi connectivity index (χ3n) is 5.12. The highest BCUT2D eigenvalue weighted by Crippen LogP contribution is 2.29. The summed E-state index contributed by atoms with van der Waals surface area (Å²) in [6.45, 7) is 5.81. The molecule has 2 fully saturated rings. The van der Waals surface area contributed by atoms with Crippen LogP contribution in [0, 0.1) is 25.2 Å². The summed E-state index contributed by atoms with van der Waals surface area (Å²) in [4.78, 5) is 14.4. The van der Waals surface area contributed by atoms with Crippen LogP contribution in [0.2, 0.25) is 0 Å². The van der Waals surface area contributed by atoms with E-state index in [1.807, 2.05) is 0 Å². The second-order valence-electron chi connectivity index (χ2n) is 6.56. The molecule has 0 aromatic heterocycles. The van der Waals surface area contributed by atoms with Crippen LogP contribution < -0.4 is 5.32 Å². The predicted octanol–water partition coefficient (Wildman–Crippen LogP) is 2.26. The van der Waals surface area contributed by atoms with Crippen LogP contribution in [-0.4, -0.2) is 36.0 Å². The first-order chi connectivity index (χ1) is 10.6. The summed E-state index contributed by atoms with van der Waals surface area (Å²) in [5.41, 5.74) is 3.91. The van der Waals surface area contributed by atoms with Gasteiger partial charge in [-0.2, -0.15) is 5.26 Å². The molecule has 2 aliphatic heterocycles. The van der Waals surface area contributed by atoms with E-state index in [-0.39, 0.29) is 18.0 Å². The van der Waals surface area contributed by atoms with Gasteiger partial charge in [-0.05, 0) is 55.7 Å². The summed E-state index contributed by atoms with van der Waals surface area (Å²) in [6.07, 6.45) is 2.59. The third kappa shape index (κ3) is 2.74. The Morgan fingerprint density at radius 3 is 2.91 bits per heavy atom. The number of nitrogens with zero attached hydrogens (tertiary/aromatic N) is 2. The molecule has 0 bridgehead atoms. The molecule has 0 aliphatic carbocycles. The van der Waals surface area contributed by atoms with Crippen molar-refractivity contribution < 1.29 is 4.79 Å². The number of nitrogens with one attached hydrogen (secondary N) is 1. The lowest BCUT2D eigenvalue weighted by Crippen LogP contribution is -2.45. The Hall–Kier alpha value is -1.86. The number of hydrogen-bond acceptors (Lipinski definition) is 3. The van der Waals surface area contributed by atoms with Crippen LogP contribution in [-0.2, 0) is 4.79 Å². The van der Waals surface area contributed by atoms with Crippen LogP contribution >= 0.6 is 0 Å². The lowest BCUT2D eigenvalue weighted by atomic mass is 9.93. The summed E-state index contributed by atoms with van der Waals surface area (Å²) in [5, 5.41) is 12.5. The van der Waals surface area contributed by atoms with Gasteiger partial charge in [-0.1, -0.05) is 18.2 Å². The number of amides is 1. The Balaban J connectivity index is 1.68. The Kier molecular flexibility index (Phi) is 4.17. The van der Waals surface area contributed by atoms with E-state index in [9.17, 15) is 4.79 Å². The zero-order valence-electron chi connectivity index (χ0n) is 13.3. The standard InChI is InChI=1S/C18H23N3O/c1-12-5-6-14(8-13(12)2)15-9-17(20-11-15)18(22)21-7-3-4-16(21)10-19/h5-6,8,15-17,20H,3-4,7,9,11H2,1-2H3/t15-,16-,17-/m0/s1. The van der Waals surface area contributed by atoms with Gasteiger partial charge in [0.15, 0.2) is 0 Å². The van der Waals surface area contributed by atoms with Crippen LogP contribution in [0.25, 0.3) is 0 Å². The van der Waals surface area contributed by atoms with Crippen LogP contribution in [0.5, 0.6) is 0 Å². The average Bonchev–Trinajstić information content (AvgIpc) is 3.17. The fourth-order valence-electron chi connectivity index (χ4n) is 3.56. The number of nitriles is 1. The average molecular weight is 297 g/mol. The molecule has 1 aromatic rings. The van der Waals surface area contributed by atoms with Crippen molar-refractivity contribution in [1.29, 1.82) is 5.26 Å². The maximum absolute atomic E-state index is 12.6. The monoisotopic (exact) mass is 297 g/mol. The van der Waals surface area contributed by atoms with Crippen molar-refractivity contribution >= 4 is 5.91 Å². The second-order valence-corrected chi connectivity index (χ2v) is 6.56. The molecule has 1 N–H and O–H groups in total. The molecule has 22 heavy (non-hydrogen) atoms. The van der Waals surface area contributed by atoms with E-state index < -0.39 is 0 Å². The van der Waals surface area contributed by atoms with E-state index in [0.717, 1.165) is 32.4 Å². The number of carbonyl (C=O) groups is 1. The number of carbonyl (C=O) groups excluding carboxylic acids is 1. The third-order valence-corrected chi connectivity index (χ3v) is 5.12. The predicted molar refractivity (Wildman–Crippen MR) is 85.4 cm³/mol. The highest BCUT2D eigenvalue weighted by atomic mass is 16.2. The first kappa shape index (κ1) is 15.1. The topological polar surface area (TPSA) is 56.1 Å². The van der Waals surface area contributed by atoms with E-state index >= 15 is 0 Å². The van der Waals surface area contributed by atoms with Crippen molar-refractivity contribution in [3.8, 4) is 6.07 Å². The number of benzene rings is 1. The van der Waals surface area contributed by atoms with Crippen molar-refractivity contribution in [2.24, 2.45) is 0 Å². The Bertz CT molecular complexity index is 619. The molecule has 2 heterocycles. The maximum Gasteiger partial charge on any atom is 0.240 e. The van der Waals surface area contributed by atoms with Crippen molar-refractivity contribution in [2.45, 2.75) is 51.1 Å². The fraction of sp³-hybridized carbons (Fsp3) is 0.556. The second kappa shape index (κ2) is 6.10. The smallest absolute Gasteiger partial charge is 0.240 e. The molecule has 0 radical (unpaired) electrons. The molecule has 0 spiro atoms. The minimum absolute atomic E-state index is 0.107. The lowest BCUT2D eigenvalue weighted by Gasteiger charge is -2.23. The Morgan fingerprint density at radius 2 is 2.18 bits per heavy atom. The molecule has 4 nitrogen and oxygen atoms in total. The first-order valence-electron chi connectivity index (χ1n) is 8.11. The number of aryl methyl sites for hydroxylation is 2. The molecule has 116 valence electrons. The van der Waals surface area contributed by atoms with E-state index in [4.69, 9.17) is 5.26 Å². The molecule has 1 amide bonds. The molecule has 4 heteroatoms. The molecule has 2 saturated heterocycles. The summed E-state index contributed by atoms with van der Waals surface area (Å²) >= 11 is 0. The highest BCUT2D eigenvalue weighted by molar-refractivity contribution is 5.83. The normalized spacial score (nSPS) is 27.9. The molecule has 3 rings (SSSR count). The lowest BCUT2D eigenvalue weighted by molar-refractivity contribution is -0.133. The zero-order chi connectivity index (χ0) is 15.7.